The number of rotatable bonds is 2. The van der Waals surface area contributed by atoms with Crippen LogP contribution < -0.4 is 11.1 Å². The maximum absolute atomic E-state index is 12.9. The van der Waals surface area contributed by atoms with E-state index >= 15 is 0 Å². The number of carbonyl (C=O) groups is 1. The minimum atomic E-state index is -0.478. The molecule has 0 aromatic heterocycles. The highest BCUT2D eigenvalue weighted by molar-refractivity contribution is 6.34. The fraction of sp³-hybridized carbons (Fsp3) is 0. The molecule has 0 spiro atoms. The number of carbonyl (C=O) groups excluding carboxylic acids is 1. The second-order valence-corrected chi connectivity index (χ2v) is 4.65. The Labute approximate surface area is 119 Å². The molecular formula is C13H9Cl2FN2O. The number of hydrogen-bond acceptors (Lipinski definition) is 2. The van der Waals surface area contributed by atoms with Gasteiger partial charge in [-0.1, -0.05) is 23.2 Å². The van der Waals surface area contributed by atoms with Gasteiger partial charge in [-0.05, 0) is 36.4 Å². The molecule has 6 heteroatoms. The van der Waals surface area contributed by atoms with E-state index in [1.54, 1.807) is 6.07 Å². The van der Waals surface area contributed by atoms with E-state index in [9.17, 15) is 9.18 Å². The lowest BCUT2D eigenvalue weighted by Gasteiger charge is -2.09. The first-order valence-corrected chi connectivity index (χ1v) is 6.04. The Morgan fingerprint density at radius 3 is 2.53 bits per heavy atom. The molecule has 0 fully saturated rings. The van der Waals surface area contributed by atoms with Gasteiger partial charge in [-0.15, -0.1) is 0 Å². The Morgan fingerprint density at radius 1 is 1.16 bits per heavy atom. The van der Waals surface area contributed by atoms with Gasteiger partial charge in [0.1, 0.15) is 5.82 Å². The molecule has 0 aliphatic rings. The van der Waals surface area contributed by atoms with Crippen LogP contribution in [0.25, 0.3) is 0 Å². The zero-order valence-corrected chi connectivity index (χ0v) is 11.1. The van der Waals surface area contributed by atoms with E-state index in [0.717, 1.165) is 6.07 Å². The Balaban J connectivity index is 2.25. The Kier molecular flexibility index (Phi) is 3.93. The summed E-state index contributed by atoms with van der Waals surface area (Å²) in [6.07, 6.45) is 0. The molecule has 19 heavy (non-hydrogen) atoms. The van der Waals surface area contributed by atoms with Gasteiger partial charge >= 0.3 is 0 Å². The number of halogens is 3. The van der Waals surface area contributed by atoms with Gasteiger partial charge in [0.05, 0.1) is 16.3 Å². The quantitative estimate of drug-likeness (QED) is 0.824. The first-order valence-electron chi connectivity index (χ1n) is 5.29. The molecule has 0 unspecified atom stereocenters. The van der Waals surface area contributed by atoms with E-state index in [-0.39, 0.29) is 16.3 Å². The maximum atomic E-state index is 12.9. The van der Waals surface area contributed by atoms with Gasteiger partial charge in [-0.3, -0.25) is 4.79 Å². The van der Waals surface area contributed by atoms with Crippen molar-refractivity contribution in [2.24, 2.45) is 0 Å². The van der Waals surface area contributed by atoms with Gasteiger partial charge < -0.3 is 11.1 Å². The molecule has 1 amide bonds. The van der Waals surface area contributed by atoms with Crippen LogP contribution in [0.2, 0.25) is 10.0 Å². The van der Waals surface area contributed by atoms with Crippen molar-refractivity contribution in [2.45, 2.75) is 0 Å². The molecule has 0 atom stereocenters. The van der Waals surface area contributed by atoms with E-state index in [1.807, 2.05) is 0 Å². The van der Waals surface area contributed by atoms with Crippen molar-refractivity contribution in [3.8, 4) is 0 Å². The van der Waals surface area contributed by atoms with Crippen molar-refractivity contribution in [1.82, 2.24) is 0 Å². The van der Waals surface area contributed by atoms with Crippen LogP contribution in [0.4, 0.5) is 15.8 Å². The van der Waals surface area contributed by atoms with Crippen molar-refractivity contribution in [3.05, 3.63) is 57.8 Å². The number of nitrogens with one attached hydrogen (secondary N) is 1. The van der Waals surface area contributed by atoms with Crippen molar-refractivity contribution in [1.29, 1.82) is 0 Å². The third kappa shape index (κ3) is 3.16. The fourth-order valence-electron chi connectivity index (χ4n) is 1.52. The number of hydrogen-bond donors (Lipinski definition) is 2. The molecule has 0 aliphatic carbocycles. The predicted octanol–water partition coefficient (Wildman–Crippen LogP) is 3.97. The summed E-state index contributed by atoms with van der Waals surface area (Å²) >= 11 is 11.6. The highest BCUT2D eigenvalue weighted by Crippen LogP contribution is 2.24. The summed E-state index contributed by atoms with van der Waals surface area (Å²) in [4.78, 5) is 12.0. The molecule has 2 aromatic rings. The van der Waals surface area contributed by atoms with E-state index in [4.69, 9.17) is 28.9 Å². The molecule has 0 saturated carbocycles. The molecule has 2 rings (SSSR count). The van der Waals surface area contributed by atoms with Crippen molar-refractivity contribution in [3.63, 3.8) is 0 Å². The average Bonchev–Trinajstić information content (AvgIpc) is 2.32. The first kappa shape index (κ1) is 13.6. The van der Waals surface area contributed by atoms with Crippen LogP contribution in [0.1, 0.15) is 10.4 Å². The van der Waals surface area contributed by atoms with Gasteiger partial charge in [0.15, 0.2) is 0 Å². The Morgan fingerprint density at radius 2 is 1.89 bits per heavy atom. The third-order valence-corrected chi connectivity index (χ3v) is 2.99. The SMILES string of the molecule is Nc1cc(Cl)ccc1C(=O)Nc1ccc(F)cc1Cl. The smallest absolute Gasteiger partial charge is 0.257 e. The van der Waals surface area contributed by atoms with Crippen molar-refractivity contribution in [2.75, 3.05) is 11.1 Å². The zero-order valence-electron chi connectivity index (χ0n) is 9.58. The molecule has 98 valence electrons. The Hall–Kier alpha value is -1.78. The maximum Gasteiger partial charge on any atom is 0.257 e. The number of amides is 1. The highest BCUT2D eigenvalue weighted by atomic mass is 35.5. The van der Waals surface area contributed by atoms with E-state index in [2.05, 4.69) is 5.32 Å². The molecular weight excluding hydrogens is 290 g/mol. The number of nitrogen functional groups attached to an aromatic ring is 1. The van der Waals surface area contributed by atoms with Crippen LogP contribution in [0.5, 0.6) is 0 Å². The monoisotopic (exact) mass is 298 g/mol. The summed E-state index contributed by atoms with van der Waals surface area (Å²) in [7, 11) is 0. The highest BCUT2D eigenvalue weighted by Gasteiger charge is 2.12. The first-order chi connectivity index (χ1) is 8.97. The normalized spacial score (nSPS) is 10.3. The van der Waals surface area contributed by atoms with Gasteiger partial charge in [-0.2, -0.15) is 0 Å². The van der Waals surface area contributed by atoms with Crippen LogP contribution in [-0.4, -0.2) is 5.91 Å². The van der Waals surface area contributed by atoms with Gasteiger partial charge in [0.2, 0.25) is 0 Å². The summed E-state index contributed by atoms with van der Waals surface area (Å²) in [5, 5.41) is 3.10. The van der Waals surface area contributed by atoms with E-state index in [1.165, 1.54) is 24.3 Å². The summed E-state index contributed by atoms with van der Waals surface area (Å²) in [5.74, 6) is -0.920. The van der Waals surface area contributed by atoms with Crippen LogP contribution in [0, 0.1) is 5.82 Å². The summed E-state index contributed by atoms with van der Waals surface area (Å²) in [5.41, 5.74) is 6.53. The summed E-state index contributed by atoms with van der Waals surface area (Å²) in [6.45, 7) is 0. The number of nitrogens with two attached hydrogens (primary N) is 1. The minimum Gasteiger partial charge on any atom is -0.398 e. The average molecular weight is 299 g/mol. The van der Waals surface area contributed by atoms with Crippen molar-refractivity contribution >= 4 is 40.5 Å². The van der Waals surface area contributed by atoms with Gasteiger partial charge in [-0.25, -0.2) is 4.39 Å². The largest absolute Gasteiger partial charge is 0.398 e. The van der Waals surface area contributed by atoms with E-state index < -0.39 is 11.7 Å². The van der Waals surface area contributed by atoms with Crippen LogP contribution in [-0.2, 0) is 0 Å². The standard InChI is InChI=1S/C13H9Cl2FN2O/c14-7-1-3-9(11(17)5-7)13(19)18-12-4-2-8(16)6-10(12)15/h1-6H,17H2,(H,18,19). The summed E-state index contributed by atoms with van der Waals surface area (Å²) < 4.78 is 12.9. The molecule has 0 heterocycles. The number of anilines is 2. The fourth-order valence-corrected chi connectivity index (χ4v) is 1.92. The molecule has 3 nitrogen and oxygen atoms in total. The topological polar surface area (TPSA) is 55.1 Å². The number of benzene rings is 2. The Bertz CT molecular complexity index is 647. The van der Waals surface area contributed by atoms with E-state index in [0.29, 0.717) is 10.7 Å². The van der Waals surface area contributed by atoms with Crippen LogP contribution in [0.15, 0.2) is 36.4 Å². The second-order valence-electron chi connectivity index (χ2n) is 3.81. The van der Waals surface area contributed by atoms with Gasteiger partial charge in [0.25, 0.3) is 5.91 Å². The predicted molar refractivity (Wildman–Crippen MR) is 75.2 cm³/mol. The van der Waals surface area contributed by atoms with Gasteiger partial charge in [0, 0.05) is 10.7 Å². The molecule has 0 radical (unpaired) electrons. The molecule has 3 N–H and O–H groups in total. The van der Waals surface area contributed by atoms with Crippen LogP contribution in [0.3, 0.4) is 0 Å². The van der Waals surface area contributed by atoms with Crippen molar-refractivity contribution < 1.29 is 9.18 Å². The van der Waals surface area contributed by atoms with Crippen LogP contribution >= 0.6 is 23.2 Å². The molecule has 2 aromatic carbocycles. The lowest BCUT2D eigenvalue weighted by atomic mass is 10.1. The third-order valence-electron chi connectivity index (χ3n) is 2.44. The molecule has 0 bridgehead atoms. The lowest BCUT2D eigenvalue weighted by molar-refractivity contribution is 0.102. The molecule has 0 aliphatic heterocycles. The second kappa shape index (κ2) is 5.47. The minimum absolute atomic E-state index is 0.112. The summed E-state index contributed by atoms with van der Waals surface area (Å²) in [6, 6.07) is 8.23. The lowest BCUT2D eigenvalue weighted by Crippen LogP contribution is -2.14. The zero-order chi connectivity index (χ0) is 14.0. The molecule has 0 saturated heterocycles.